The molecule has 0 atom stereocenters. The van der Waals surface area contributed by atoms with E-state index in [0.29, 0.717) is 5.17 Å². The Morgan fingerprint density at radius 3 is 2.52 bits per heavy atom. The maximum absolute atomic E-state index is 12.9. The molecule has 8 nitrogen and oxygen atoms in total. The van der Waals surface area contributed by atoms with Crippen molar-refractivity contribution in [2.75, 3.05) is 20.2 Å². The van der Waals surface area contributed by atoms with Crippen LogP contribution in [0.2, 0.25) is 0 Å². The molecule has 1 fully saturated rings. The van der Waals surface area contributed by atoms with Crippen molar-refractivity contribution in [1.29, 1.82) is 5.41 Å². The van der Waals surface area contributed by atoms with Crippen LogP contribution < -0.4 is 4.74 Å². The Balaban J connectivity index is 1.46. The summed E-state index contributed by atoms with van der Waals surface area (Å²) in [5, 5.41) is 16.1. The van der Waals surface area contributed by atoms with Crippen LogP contribution in [0.4, 0.5) is 0 Å². The molecule has 0 radical (unpaired) electrons. The highest BCUT2D eigenvalue weighted by molar-refractivity contribution is 8.26. The lowest BCUT2D eigenvalue weighted by Crippen LogP contribution is -2.35. The van der Waals surface area contributed by atoms with Gasteiger partial charge in [-0.2, -0.15) is 10.0 Å². The van der Waals surface area contributed by atoms with E-state index in [-0.39, 0.29) is 11.4 Å². The Kier molecular flexibility index (Phi) is 5.57. The Bertz CT molecular complexity index is 1220. The molecule has 0 spiro atoms. The third-order valence-electron chi connectivity index (χ3n) is 6.17. The van der Waals surface area contributed by atoms with Gasteiger partial charge in [0.25, 0.3) is 5.91 Å². The van der Waals surface area contributed by atoms with Crippen LogP contribution in [-0.2, 0) is 4.79 Å². The number of amides is 1. The van der Waals surface area contributed by atoms with Gasteiger partial charge in [0, 0.05) is 30.2 Å². The first-order chi connectivity index (χ1) is 16.0. The van der Waals surface area contributed by atoms with E-state index in [2.05, 4.69) is 19.6 Å². The highest BCUT2D eigenvalue weighted by Crippen LogP contribution is 2.31. The third kappa shape index (κ3) is 3.86. The maximum atomic E-state index is 12.9. The lowest BCUT2D eigenvalue weighted by Gasteiger charge is -2.26. The summed E-state index contributed by atoms with van der Waals surface area (Å²) in [5.41, 5.74) is 4.15. The molecule has 3 aliphatic rings. The molecule has 4 heterocycles. The monoisotopic (exact) mass is 462 g/mol. The largest absolute Gasteiger partial charge is 0.497 e. The lowest BCUT2D eigenvalue weighted by molar-refractivity contribution is -0.114. The first-order valence-electron chi connectivity index (χ1n) is 11.0. The molecule has 1 aromatic carbocycles. The van der Waals surface area contributed by atoms with Gasteiger partial charge in [-0.25, -0.2) is 0 Å². The molecule has 1 aromatic heterocycles. The van der Waals surface area contributed by atoms with E-state index in [1.165, 1.54) is 23.2 Å². The van der Waals surface area contributed by atoms with Crippen LogP contribution in [-0.4, -0.2) is 56.8 Å². The number of aryl methyl sites for hydroxylation is 1. The van der Waals surface area contributed by atoms with Gasteiger partial charge in [0.05, 0.1) is 12.7 Å². The standard InChI is InChI=1S/C24H26N6O2S/c1-15-13-17(16(2)29(15)18-7-9-19(32-3)10-8-18)14-20-21(25)30-23(26-22(20)31)33-24(27-30)28-11-5-4-6-12-28/h7-10,13-14,25H,4-6,11-12H2,1-3H3/b20-14+,25-21?. The Morgan fingerprint density at radius 1 is 1.09 bits per heavy atom. The second-order valence-electron chi connectivity index (χ2n) is 8.31. The molecule has 9 heteroatoms. The second kappa shape index (κ2) is 8.55. The number of fused-ring (bicyclic) bond motifs is 1. The van der Waals surface area contributed by atoms with Crippen molar-refractivity contribution >= 4 is 39.9 Å². The smallest absolute Gasteiger partial charge is 0.283 e. The summed E-state index contributed by atoms with van der Waals surface area (Å²) in [7, 11) is 1.65. The summed E-state index contributed by atoms with van der Waals surface area (Å²) in [5.74, 6) is 0.466. The zero-order valence-electron chi connectivity index (χ0n) is 19.0. The summed E-state index contributed by atoms with van der Waals surface area (Å²) in [4.78, 5) is 19.3. The number of rotatable bonds is 3. The molecule has 0 unspecified atom stereocenters. The molecule has 2 aromatic rings. The Hall–Kier alpha value is -3.33. The lowest BCUT2D eigenvalue weighted by atomic mass is 10.1. The molecule has 0 bridgehead atoms. The minimum Gasteiger partial charge on any atom is -0.497 e. The van der Waals surface area contributed by atoms with Crippen LogP contribution in [0, 0.1) is 19.3 Å². The molecular formula is C24H26N6O2S. The fraction of sp³-hybridized carbons (Fsp3) is 0.333. The van der Waals surface area contributed by atoms with E-state index in [1.54, 1.807) is 13.2 Å². The van der Waals surface area contributed by atoms with Crippen LogP contribution in [0.25, 0.3) is 11.8 Å². The van der Waals surface area contributed by atoms with E-state index in [1.807, 2.05) is 44.2 Å². The summed E-state index contributed by atoms with van der Waals surface area (Å²) in [6.45, 7) is 5.94. The van der Waals surface area contributed by atoms with E-state index in [0.717, 1.165) is 59.5 Å². The first kappa shape index (κ1) is 21.5. The SMILES string of the molecule is COc1ccc(-n2c(C)cc(/C=C3\C(=N)N4N=C(N5CCCCC5)SC4=NC3=O)c2C)cc1. The van der Waals surface area contributed by atoms with E-state index in [9.17, 15) is 4.79 Å². The van der Waals surface area contributed by atoms with E-state index in [4.69, 9.17) is 10.1 Å². The van der Waals surface area contributed by atoms with Crippen molar-refractivity contribution in [3.8, 4) is 11.4 Å². The van der Waals surface area contributed by atoms with Gasteiger partial charge in [-0.15, -0.1) is 5.10 Å². The fourth-order valence-corrected chi connectivity index (χ4v) is 5.36. The van der Waals surface area contributed by atoms with Gasteiger partial charge in [0.1, 0.15) is 5.75 Å². The second-order valence-corrected chi connectivity index (χ2v) is 9.24. The van der Waals surface area contributed by atoms with Crippen molar-refractivity contribution in [1.82, 2.24) is 14.5 Å². The number of amidine groups is 3. The van der Waals surface area contributed by atoms with Gasteiger partial charge in [0.15, 0.2) is 11.0 Å². The maximum Gasteiger partial charge on any atom is 0.283 e. The molecule has 0 aliphatic carbocycles. The molecule has 5 rings (SSSR count). The first-order valence-corrected chi connectivity index (χ1v) is 11.9. The number of thioether (sulfide) groups is 1. The number of aliphatic imine (C=N–C) groups is 1. The summed E-state index contributed by atoms with van der Waals surface area (Å²) in [6.07, 6.45) is 5.26. The predicted molar refractivity (Wildman–Crippen MR) is 132 cm³/mol. The molecule has 1 amide bonds. The highest BCUT2D eigenvalue weighted by atomic mass is 32.2. The normalized spacial score (nSPS) is 19.7. The number of benzene rings is 1. The molecular weight excluding hydrogens is 436 g/mol. The van der Waals surface area contributed by atoms with Crippen molar-refractivity contribution in [2.24, 2.45) is 10.1 Å². The average Bonchev–Trinajstić information content (AvgIpc) is 3.38. The highest BCUT2D eigenvalue weighted by Gasteiger charge is 2.37. The summed E-state index contributed by atoms with van der Waals surface area (Å²) >= 11 is 1.38. The molecule has 170 valence electrons. The molecule has 0 saturated carbocycles. The number of methoxy groups -OCH3 is 1. The van der Waals surface area contributed by atoms with Gasteiger partial charge in [-0.1, -0.05) is 0 Å². The topological polar surface area (TPSA) is 86.3 Å². The van der Waals surface area contributed by atoms with Gasteiger partial charge in [-0.05, 0) is 86.8 Å². The van der Waals surface area contributed by atoms with Gasteiger partial charge in [-0.3, -0.25) is 10.2 Å². The van der Waals surface area contributed by atoms with Gasteiger partial charge in [0.2, 0.25) is 5.17 Å². The average molecular weight is 463 g/mol. The van der Waals surface area contributed by atoms with Crippen molar-refractivity contribution in [3.63, 3.8) is 0 Å². The number of carbonyl (C=O) groups excluding carboxylic acids is 1. The number of nitrogens with zero attached hydrogens (tertiary/aromatic N) is 5. The van der Waals surface area contributed by atoms with Gasteiger partial charge < -0.3 is 14.2 Å². The summed E-state index contributed by atoms with van der Waals surface area (Å²) < 4.78 is 7.38. The zero-order chi connectivity index (χ0) is 23.1. The van der Waals surface area contributed by atoms with Gasteiger partial charge >= 0.3 is 0 Å². The minimum atomic E-state index is -0.400. The van der Waals surface area contributed by atoms with Crippen LogP contribution in [0.1, 0.15) is 36.2 Å². The van der Waals surface area contributed by atoms with E-state index >= 15 is 0 Å². The number of nitrogens with one attached hydrogen (secondary N) is 1. The number of piperidine rings is 1. The quantitative estimate of drug-likeness (QED) is 0.692. The van der Waals surface area contributed by atoms with Crippen LogP contribution in [0.3, 0.4) is 0 Å². The van der Waals surface area contributed by atoms with Crippen LogP contribution >= 0.6 is 11.8 Å². The predicted octanol–water partition coefficient (Wildman–Crippen LogP) is 4.17. The molecule has 1 N–H and O–H groups in total. The number of ether oxygens (including phenoxy) is 1. The Morgan fingerprint density at radius 2 is 1.82 bits per heavy atom. The molecule has 1 saturated heterocycles. The van der Waals surface area contributed by atoms with Crippen molar-refractivity contribution in [3.05, 3.63) is 52.9 Å². The third-order valence-corrected chi connectivity index (χ3v) is 7.14. The van der Waals surface area contributed by atoms with E-state index < -0.39 is 5.91 Å². The van der Waals surface area contributed by atoms with Crippen molar-refractivity contribution < 1.29 is 9.53 Å². The number of hydrazone groups is 1. The summed E-state index contributed by atoms with van der Waals surface area (Å²) in [6, 6.07) is 9.86. The Labute approximate surface area is 197 Å². The van der Waals surface area contributed by atoms with Crippen LogP contribution in [0.5, 0.6) is 5.75 Å². The number of hydrogen-bond acceptors (Lipinski definition) is 6. The zero-order valence-corrected chi connectivity index (χ0v) is 19.8. The number of carbonyl (C=O) groups is 1. The fourth-order valence-electron chi connectivity index (χ4n) is 4.41. The minimum absolute atomic E-state index is 0.0683. The molecule has 3 aliphatic heterocycles. The van der Waals surface area contributed by atoms with Crippen LogP contribution in [0.15, 0.2) is 46.0 Å². The molecule has 33 heavy (non-hydrogen) atoms. The number of aromatic nitrogens is 1. The number of likely N-dealkylation sites (tertiary alicyclic amines) is 1. The van der Waals surface area contributed by atoms with Crippen molar-refractivity contribution in [2.45, 2.75) is 33.1 Å². The number of hydrogen-bond donors (Lipinski definition) is 1.